The van der Waals surface area contributed by atoms with Crippen LogP contribution in [0.25, 0.3) is 21.5 Å². The van der Waals surface area contributed by atoms with E-state index in [1.165, 1.54) is 0 Å². The van der Waals surface area contributed by atoms with Crippen molar-refractivity contribution in [3.8, 4) is 0 Å². The zero-order valence-electron chi connectivity index (χ0n) is 20.4. The normalized spacial score (nSPS) is 10.7. The second-order valence-corrected chi connectivity index (χ2v) is 8.37. The molecule has 0 radical (unpaired) electrons. The summed E-state index contributed by atoms with van der Waals surface area (Å²) in [7, 11) is 0. The van der Waals surface area contributed by atoms with Gasteiger partial charge in [-0.2, -0.15) is 0 Å². The Morgan fingerprint density at radius 3 is 0.976 bits per heavy atom. The number of carbonyl (C=O) groups is 5. The number of ketones is 1. The lowest BCUT2D eigenvalue weighted by molar-refractivity contribution is 0.0651. The Labute approximate surface area is 228 Å². The summed E-state index contributed by atoms with van der Waals surface area (Å²) < 4.78 is 8.68. The van der Waals surface area contributed by atoms with Gasteiger partial charge in [0.25, 0.3) is 0 Å². The summed E-state index contributed by atoms with van der Waals surface area (Å²) in [5, 5.41) is 36.0. The highest BCUT2D eigenvalue weighted by atomic mass is 16.4. The van der Waals surface area contributed by atoms with Gasteiger partial charge in [0.05, 0.1) is 43.8 Å². The standard InChI is InChI=1S/C17H10O9.C10H2O6/c18-13(7-1-3-9(14(19)20)11(5-7)16(23)24)8-2-4-10(15(21)22)12(6-8)17(25)26;11-7-3-1-4-6(10(14)16-8(4)12)2-5(3)9(13)15-7/h1-6H,(H,19,20)(H,21,22)(H,23,24)(H,25,26);1-2H. The first-order valence-corrected chi connectivity index (χ1v) is 11.2. The van der Waals surface area contributed by atoms with E-state index in [9.17, 15) is 43.2 Å². The largest absolute Gasteiger partial charge is 0.478 e. The van der Waals surface area contributed by atoms with E-state index >= 15 is 0 Å². The second kappa shape index (κ2) is 10.6. The van der Waals surface area contributed by atoms with Crippen molar-refractivity contribution >= 4 is 51.2 Å². The van der Waals surface area contributed by atoms with E-state index in [2.05, 4.69) is 8.83 Å². The zero-order chi connectivity index (χ0) is 31.0. The summed E-state index contributed by atoms with van der Waals surface area (Å²) in [6, 6.07) is 8.08. The van der Waals surface area contributed by atoms with Gasteiger partial charge in [-0.15, -0.1) is 0 Å². The van der Waals surface area contributed by atoms with E-state index in [0.717, 1.165) is 48.5 Å². The molecule has 0 aliphatic heterocycles. The minimum Gasteiger partial charge on any atom is -0.478 e. The number of furan rings is 2. The number of carboxylic acid groups (broad SMARTS) is 4. The summed E-state index contributed by atoms with van der Waals surface area (Å²) in [4.78, 5) is 102. The van der Waals surface area contributed by atoms with Crippen molar-refractivity contribution < 1.29 is 53.2 Å². The van der Waals surface area contributed by atoms with Gasteiger partial charge in [-0.3, -0.25) is 4.79 Å². The quantitative estimate of drug-likeness (QED) is 0.207. The van der Waals surface area contributed by atoms with Crippen molar-refractivity contribution in [1.82, 2.24) is 0 Å². The van der Waals surface area contributed by atoms with Gasteiger partial charge in [0.1, 0.15) is 0 Å². The minimum atomic E-state index is -1.55. The topological polar surface area (TPSA) is 261 Å². The molecule has 0 amide bonds. The third-order valence-corrected chi connectivity index (χ3v) is 5.89. The highest BCUT2D eigenvalue weighted by molar-refractivity contribution is 6.13. The van der Waals surface area contributed by atoms with E-state index < -0.39 is 74.4 Å². The number of hydrogen-bond donors (Lipinski definition) is 4. The van der Waals surface area contributed by atoms with Crippen molar-refractivity contribution in [3.05, 3.63) is 124 Å². The number of carboxylic acids is 4. The van der Waals surface area contributed by atoms with Crippen LogP contribution in [0.5, 0.6) is 0 Å². The maximum atomic E-state index is 12.5. The predicted octanol–water partition coefficient (Wildman–Crippen LogP) is 1.21. The Kier molecular flexibility index (Phi) is 7.17. The molecule has 42 heavy (non-hydrogen) atoms. The monoisotopic (exact) mass is 576 g/mol. The Hall–Kier alpha value is -6.51. The van der Waals surface area contributed by atoms with Crippen LogP contribution >= 0.6 is 0 Å². The van der Waals surface area contributed by atoms with Gasteiger partial charge in [-0.25, -0.2) is 38.4 Å². The van der Waals surface area contributed by atoms with Crippen molar-refractivity contribution in [2.45, 2.75) is 0 Å². The molecule has 15 heteroatoms. The van der Waals surface area contributed by atoms with Gasteiger partial charge in [-0.05, 0) is 36.4 Å². The SMILES string of the molecule is O=C(c1ccc(C(=O)O)c(C(=O)O)c1)c1ccc(C(=O)O)c(C(=O)O)c1.O=c1oc(=O)c2cc3c(=O)oc(=O)c3cc12. The van der Waals surface area contributed by atoms with Gasteiger partial charge in [0.15, 0.2) is 5.78 Å². The predicted molar refractivity (Wildman–Crippen MR) is 138 cm³/mol. The Bertz CT molecular complexity index is 1980. The first-order valence-electron chi connectivity index (χ1n) is 11.2. The molecule has 0 fully saturated rings. The molecule has 0 saturated heterocycles. The second-order valence-electron chi connectivity index (χ2n) is 8.37. The molecule has 0 bridgehead atoms. The first-order chi connectivity index (χ1) is 19.7. The maximum absolute atomic E-state index is 12.5. The average Bonchev–Trinajstić information content (AvgIpc) is 3.39. The van der Waals surface area contributed by atoms with E-state index in [4.69, 9.17) is 20.4 Å². The van der Waals surface area contributed by atoms with Crippen molar-refractivity contribution in [2.24, 2.45) is 0 Å². The van der Waals surface area contributed by atoms with Crippen LogP contribution in [0.3, 0.4) is 0 Å². The zero-order valence-corrected chi connectivity index (χ0v) is 20.4. The van der Waals surface area contributed by atoms with Crippen LogP contribution in [0.1, 0.15) is 57.4 Å². The van der Waals surface area contributed by atoms with Crippen LogP contribution in [0.2, 0.25) is 0 Å². The lowest BCUT2D eigenvalue weighted by Crippen LogP contribution is -2.13. The molecule has 0 saturated carbocycles. The highest BCUT2D eigenvalue weighted by Crippen LogP contribution is 2.19. The molecule has 2 heterocycles. The van der Waals surface area contributed by atoms with Gasteiger partial charge >= 0.3 is 46.4 Å². The molecule has 2 aromatic heterocycles. The van der Waals surface area contributed by atoms with Crippen LogP contribution in [-0.4, -0.2) is 50.1 Å². The molecule has 0 atom stereocenters. The molecular formula is C27H12O15. The molecule has 5 rings (SSSR count). The molecule has 0 spiro atoms. The fourth-order valence-corrected chi connectivity index (χ4v) is 3.93. The molecular weight excluding hydrogens is 564 g/mol. The van der Waals surface area contributed by atoms with E-state index in [-0.39, 0.29) is 32.7 Å². The Morgan fingerprint density at radius 1 is 0.429 bits per heavy atom. The van der Waals surface area contributed by atoms with Crippen LogP contribution in [0, 0.1) is 0 Å². The lowest BCUT2D eigenvalue weighted by Gasteiger charge is -2.08. The number of rotatable bonds is 6. The van der Waals surface area contributed by atoms with Gasteiger partial charge in [-0.1, -0.05) is 12.1 Å². The fourth-order valence-electron chi connectivity index (χ4n) is 3.93. The van der Waals surface area contributed by atoms with E-state index in [1.807, 2.05) is 0 Å². The summed E-state index contributed by atoms with van der Waals surface area (Å²) in [5.74, 6) is -6.86. The summed E-state index contributed by atoms with van der Waals surface area (Å²) in [6.45, 7) is 0. The molecule has 5 aromatic rings. The van der Waals surface area contributed by atoms with Crippen LogP contribution in [0.4, 0.5) is 0 Å². The summed E-state index contributed by atoms with van der Waals surface area (Å²) in [6.07, 6.45) is 0. The number of carbonyl (C=O) groups excluding carboxylic acids is 1. The summed E-state index contributed by atoms with van der Waals surface area (Å²) in [5.41, 5.74) is -5.91. The van der Waals surface area contributed by atoms with E-state index in [1.54, 1.807) is 0 Å². The Balaban J connectivity index is 0.000000214. The van der Waals surface area contributed by atoms with Gasteiger partial charge < -0.3 is 29.3 Å². The van der Waals surface area contributed by atoms with E-state index in [0.29, 0.717) is 0 Å². The maximum Gasteiger partial charge on any atom is 0.346 e. The Morgan fingerprint density at radius 2 is 0.714 bits per heavy atom. The molecule has 210 valence electrons. The third kappa shape index (κ3) is 5.07. The van der Waals surface area contributed by atoms with Crippen LogP contribution in [-0.2, 0) is 0 Å². The van der Waals surface area contributed by atoms with Crippen molar-refractivity contribution in [1.29, 1.82) is 0 Å². The lowest BCUT2D eigenvalue weighted by atomic mass is 9.95. The molecule has 0 aliphatic carbocycles. The highest BCUT2D eigenvalue weighted by Gasteiger charge is 2.22. The smallest absolute Gasteiger partial charge is 0.346 e. The number of benzene rings is 3. The molecule has 15 nitrogen and oxygen atoms in total. The summed E-state index contributed by atoms with van der Waals surface area (Å²) >= 11 is 0. The third-order valence-electron chi connectivity index (χ3n) is 5.89. The van der Waals surface area contributed by atoms with Crippen molar-refractivity contribution in [2.75, 3.05) is 0 Å². The van der Waals surface area contributed by atoms with Crippen molar-refractivity contribution in [3.63, 3.8) is 0 Å². The van der Waals surface area contributed by atoms with Crippen LogP contribution in [0.15, 0.2) is 76.5 Å². The van der Waals surface area contributed by atoms with Crippen LogP contribution < -0.4 is 22.5 Å². The average molecular weight is 576 g/mol. The number of hydrogen-bond acceptors (Lipinski definition) is 11. The molecule has 0 unspecified atom stereocenters. The number of aromatic carboxylic acids is 4. The number of fused-ring (bicyclic) bond motifs is 2. The van der Waals surface area contributed by atoms with Gasteiger partial charge in [0.2, 0.25) is 0 Å². The molecule has 0 aliphatic rings. The molecule has 3 aromatic carbocycles. The van der Waals surface area contributed by atoms with Gasteiger partial charge in [0, 0.05) is 11.1 Å². The molecule has 4 N–H and O–H groups in total. The fraction of sp³-hybridized carbons (Fsp3) is 0. The minimum absolute atomic E-state index is 0.0181. The first kappa shape index (κ1) is 28.5.